The van der Waals surface area contributed by atoms with Crippen LogP contribution < -0.4 is 25.8 Å². The zero-order valence-electron chi connectivity index (χ0n) is 37.1. The molecule has 0 amide bonds. The van der Waals surface area contributed by atoms with Gasteiger partial charge in [0.05, 0.1) is 34.3 Å². The van der Waals surface area contributed by atoms with Gasteiger partial charge in [-0.3, -0.25) is 0 Å². The van der Waals surface area contributed by atoms with Crippen LogP contribution >= 0.6 is 0 Å². The number of anilines is 3. The lowest BCUT2D eigenvalue weighted by Gasteiger charge is -2.46. The third kappa shape index (κ3) is 5.29. The molecule has 4 nitrogen and oxygen atoms in total. The fourth-order valence-electron chi connectivity index (χ4n) is 12.1. The van der Waals surface area contributed by atoms with E-state index in [-0.39, 0.29) is 6.71 Å². The second-order valence-electron chi connectivity index (χ2n) is 18.1. The van der Waals surface area contributed by atoms with Crippen molar-refractivity contribution in [3.8, 4) is 22.5 Å². The van der Waals surface area contributed by atoms with Crippen molar-refractivity contribution in [2.75, 3.05) is 11.4 Å². The van der Waals surface area contributed by atoms with Gasteiger partial charge in [0.2, 0.25) is 0 Å². The second-order valence-corrected chi connectivity index (χ2v) is 18.1. The van der Waals surface area contributed by atoms with Crippen molar-refractivity contribution < 1.29 is 0 Å². The van der Waals surface area contributed by atoms with Crippen molar-refractivity contribution in [3.63, 3.8) is 0 Å². The van der Waals surface area contributed by atoms with Gasteiger partial charge in [-0.2, -0.15) is 0 Å². The average Bonchev–Trinajstić information content (AvgIpc) is 3.92. The normalized spacial score (nSPS) is 14.7. The van der Waals surface area contributed by atoms with Crippen molar-refractivity contribution in [2.24, 2.45) is 0 Å². The maximum atomic E-state index is 2.64. The third-order valence-corrected chi connectivity index (χ3v) is 14.8. The highest BCUT2D eigenvalue weighted by Crippen LogP contribution is 2.51. The number of para-hydroxylation sites is 6. The summed E-state index contributed by atoms with van der Waals surface area (Å²) in [5.41, 5.74) is 21.0. The number of hydrogen-bond donors (Lipinski definition) is 0. The molecule has 2 aromatic heterocycles. The first-order chi connectivity index (χ1) is 33.2. The molecule has 2 aliphatic rings. The monoisotopic (exact) mass is 855 g/mol. The lowest BCUT2D eigenvalue weighted by atomic mass is 9.33. The summed E-state index contributed by atoms with van der Waals surface area (Å²) in [4.78, 5) is 2.45. The molecule has 1 unspecified atom stereocenters. The topological polar surface area (TPSA) is 13.1 Å². The molecule has 2 aliphatic heterocycles. The van der Waals surface area contributed by atoms with Crippen LogP contribution in [0.4, 0.5) is 34.1 Å². The highest BCUT2D eigenvalue weighted by atomic mass is 15.4. The minimum atomic E-state index is -0.0223. The minimum Gasteiger partial charge on any atom is -0.310 e. The summed E-state index contributed by atoms with van der Waals surface area (Å²) in [7, 11) is 0. The lowest BCUT2D eigenvalue weighted by molar-refractivity contribution is 0.548. The number of hydrogen-bond acceptors (Lipinski definition) is 1. The van der Waals surface area contributed by atoms with Crippen LogP contribution in [0.3, 0.4) is 0 Å². The van der Waals surface area contributed by atoms with Crippen LogP contribution in [0, 0.1) is 0 Å². The summed E-state index contributed by atoms with van der Waals surface area (Å²) >= 11 is 0. The summed E-state index contributed by atoms with van der Waals surface area (Å²) in [6.45, 7) is 3.18. The Morgan fingerprint density at radius 2 is 1.03 bits per heavy atom. The maximum Gasteiger partial charge on any atom is 0.262 e. The number of fused-ring (bicyclic) bond motifs is 11. The molecule has 4 heterocycles. The van der Waals surface area contributed by atoms with Crippen LogP contribution in [-0.2, 0) is 0 Å². The van der Waals surface area contributed by atoms with Crippen LogP contribution in [0.15, 0.2) is 237 Å². The van der Waals surface area contributed by atoms with E-state index in [4.69, 9.17) is 0 Å². The zero-order valence-corrected chi connectivity index (χ0v) is 37.1. The quantitative estimate of drug-likeness (QED) is 0.115. The Morgan fingerprint density at radius 3 is 1.75 bits per heavy atom. The van der Waals surface area contributed by atoms with Crippen molar-refractivity contribution in [1.82, 2.24) is 13.6 Å². The van der Waals surface area contributed by atoms with Gasteiger partial charge in [-0.25, -0.2) is 4.48 Å². The Labute approximate surface area is 390 Å². The van der Waals surface area contributed by atoms with Crippen LogP contribution in [0.5, 0.6) is 0 Å². The van der Waals surface area contributed by atoms with E-state index in [0.29, 0.717) is 4.48 Å². The summed E-state index contributed by atoms with van der Waals surface area (Å²) in [5, 5.41) is 5.06. The van der Waals surface area contributed by atoms with Gasteiger partial charge in [0.25, 0.3) is 6.71 Å². The number of quaternary nitrogens is 1. The van der Waals surface area contributed by atoms with Gasteiger partial charge in [-0.15, -0.1) is 0 Å². The van der Waals surface area contributed by atoms with Crippen molar-refractivity contribution in [1.29, 1.82) is 0 Å². The molecule has 0 radical (unpaired) electrons. The molecule has 14 rings (SSSR count). The Bertz CT molecular complexity index is 3870. The van der Waals surface area contributed by atoms with Gasteiger partial charge in [-0.1, -0.05) is 158 Å². The second kappa shape index (κ2) is 14.6. The lowest BCUT2D eigenvalue weighted by Crippen LogP contribution is -2.64. The number of benzene rings is 10. The molecule has 0 aliphatic carbocycles. The maximum absolute atomic E-state index is 2.64. The molecule has 0 saturated carbocycles. The first-order valence-electron chi connectivity index (χ1n) is 23.5. The van der Waals surface area contributed by atoms with Gasteiger partial charge in [-0.05, 0) is 102 Å². The van der Waals surface area contributed by atoms with Gasteiger partial charge in [0.15, 0.2) is 0 Å². The van der Waals surface area contributed by atoms with Crippen molar-refractivity contribution >= 4 is 101 Å². The van der Waals surface area contributed by atoms with Gasteiger partial charge >= 0.3 is 0 Å². The predicted octanol–water partition coefficient (Wildman–Crippen LogP) is 14.2. The molecule has 12 aromatic rings. The van der Waals surface area contributed by atoms with E-state index < -0.39 is 0 Å². The minimum absolute atomic E-state index is 0.0223. The Balaban J connectivity index is 1.18. The Kier molecular flexibility index (Phi) is 8.25. The molecular weight excluding hydrogens is 812 g/mol. The van der Waals surface area contributed by atoms with Crippen molar-refractivity contribution in [3.05, 3.63) is 237 Å². The highest BCUT2D eigenvalue weighted by molar-refractivity contribution is 7.00. The molecule has 0 N–H and O–H groups in total. The fourth-order valence-corrected chi connectivity index (χ4v) is 12.1. The average molecular weight is 856 g/mol. The SMILES string of the molecule is CC[N+]1(c2ccccc2)c2ccccc2B2c3c(cc(N(c4ccccc4)c4ccccc4)cc31)-n1c3ccccc3c3c1c2cc1c2ccccc2n(-c2cccc(-c4ccccc4)c2)c13. The van der Waals surface area contributed by atoms with E-state index in [2.05, 4.69) is 258 Å². The number of nitrogens with zero attached hydrogens (tertiary/aromatic N) is 4. The van der Waals surface area contributed by atoms with Gasteiger partial charge in [0.1, 0.15) is 17.1 Å². The van der Waals surface area contributed by atoms with Crippen LogP contribution in [0.25, 0.3) is 66.1 Å². The van der Waals surface area contributed by atoms with Crippen LogP contribution in [0.1, 0.15) is 6.92 Å². The highest BCUT2D eigenvalue weighted by Gasteiger charge is 2.51. The van der Waals surface area contributed by atoms with Crippen LogP contribution in [0.2, 0.25) is 0 Å². The Hall–Kier alpha value is -8.38. The molecule has 0 bridgehead atoms. The van der Waals surface area contributed by atoms with Gasteiger partial charge < -0.3 is 14.0 Å². The summed E-state index contributed by atoms with van der Waals surface area (Å²) in [6, 6.07) is 87.9. The molecule has 0 fully saturated rings. The van der Waals surface area contributed by atoms with Crippen molar-refractivity contribution in [2.45, 2.75) is 6.92 Å². The summed E-state index contributed by atoms with van der Waals surface area (Å²) < 4.78 is 5.77. The fraction of sp³-hybridized carbons (Fsp3) is 0.0323. The van der Waals surface area contributed by atoms with Crippen LogP contribution in [-0.4, -0.2) is 22.4 Å². The van der Waals surface area contributed by atoms with Gasteiger partial charge in [0, 0.05) is 55.8 Å². The van der Waals surface area contributed by atoms with E-state index in [1.807, 2.05) is 0 Å². The van der Waals surface area contributed by atoms with E-state index >= 15 is 0 Å². The molecule has 5 heteroatoms. The summed E-state index contributed by atoms with van der Waals surface area (Å²) in [5.74, 6) is 0. The van der Waals surface area contributed by atoms with E-state index in [9.17, 15) is 0 Å². The first-order valence-corrected chi connectivity index (χ1v) is 23.5. The molecule has 10 aromatic carbocycles. The number of aromatic nitrogens is 2. The third-order valence-electron chi connectivity index (χ3n) is 14.8. The summed E-state index contributed by atoms with van der Waals surface area (Å²) in [6.07, 6.45) is 0. The molecule has 1 atom stereocenters. The van der Waals surface area contributed by atoms with E-state index in [1.54, 1.807) is 0 Å². The first kappa shape index (κ1) is 37.9. The Morgan fingerprint density at radius 1 is 0.433 bits per heavy atom. The molecule has 67 heavy (non-hydrogen) atoms. The molecule has 314 valence electrons. The van der Waals surface area contributed by atoms with E-state index in [1.165, 1.54) is 93.9 Å². The predicted molar refractivity (Wildman–Crippen MR) is 284 cm³/mol. The zero-order chi connectivity index (χ0) is 44.2. The smallest absolute Gasteiger partial charge is 0.262 e. The number of rotatable bonds is 7. The molecular formula is C62H44BN4+. The largest absolute Gasteiger partial charge is 0.310 e. The molecule has 0 spiro atoms. The standard InChI is InChI=1S/C62H44BN4/c1-2-67(48-30-13-6-14-31-48)57-37-20-17-34-52(57)63-53-41-51-49-32-15-18-35-54(49)65(46-29-21-24-43(38-46)42-22-7-3-8-23-42)61(51)59-50-33-16-19-36-55(50)66(62(53)59)56-39-47(40-58(67)60(56)63)64(44-25-9-4-10-26-44)45-27-11-5-12-28-45/h3-41H,2H2,1H3/q+1. The van der Waals surface area contributed by atoms with E-state index in [0.717, 1.165) is 29.3 Å². The molecule has 0 saturated heterocycles.